The van der Waals surface area contributed by atoms with Gasteiger partial charge in [0.15, 0.2) is 11.9 Å². The fraction of sp³-hybridized carbons (Fsp3) is 0.562. The second-order valence-corrected chi connectivity index (χ2v) is 5.48. The zero-order valence-corrected chi connectivity index (χ0v) is 11.7. The van der Waals surface area contributed by atoms with Gasteiger partial charge in [0.05, 0.1) is 7.11 Å². The Morgan fingerprint density at radius 3 is 2.50 bits per heavy atom. The number of methoxy groups -OCH3 is 1. The van der Waals surface area contributed by atoms with Crippen molar-refractivity contribution in [3.8, 4) is 0 Å². The molecule has 2 atom stereocenters. The Hall–Kier alpha value is -1.39. The highest BCUT2D eigenvalue weighted by Crippen LogP contribution is 2.46. The van der Waals surface area contributed by atoms with Gasteiger partial charge in [0.1, 0.15) is 6.10 Å². The normalized spacial score (nSPS) is 28.4. The van der Waals surface area contributed by atoms with Gasteiger partial charge in [0.2, 0.25) is 0 Å². The molecule has 2 fully saturated rings. The second kappa shape index (κ2) is 5.54. The quantitative estimate of drug-likeness (QED) is 0.779. The van der Waals surface area contributed by atoms with Gasteiger partial charge in [0, 0.05) is 12.8 Å². The summed E-state index contributed by atoms with van der Waals surface area (Å²) in [5, 5.41) is 0. The molecular weight excluding hydrogens is 256 g/mol. The molecule has 20 heavy (non-hydrogen) atoms. The molecule has 4 nitrogen and oxygen atoms in total. The second-order valence-electron chi connectivity index (χ2n) is 5.48. The molecule has 0 aromatic heterocycles. The van der Waals surface area contributed by atoms with E-state index in [1.807, 2.05) is 30.3 Å². The average molecular weight is 276 g/mol. The minimum Gasteiger partial charge on any atom is -0.467 e. The molecule has 0 radical (unpaired) electrons. The van der Waals surface area contributed by atoms with Crippen LogP contribution in [0.25, 0.3) is 0 Å². The van der Waals surface area contributed by atoms with Crippen molar-refractivity contribution in [2.45, 2.75) is 50.1 Å². The Labute approximate surface area is 119 Å². The molecule has 1 saturated carbocycles. The minimum absolute atomic E-state index is 0.360. The van der Waals surface area contributed by atoms with Gasteiger partial charge in [-0.05, 0) is 18.4 Å². The van der Waals surface area contributed by atoms with Gasteiger partial charge in [0.25, 0.3) is 0 Å². The number of ether oxygens (including phenoxy) is 3. The van der Waals surface area contributed by atoms with Gasteiger partial charge in [-0.1, -0.05) is 36.8 Å². The van der Waals surface area contributed by atoms with Crippen LogP contribution >= 0.6 is 0 Å². The predicted molar refractivity (Wildman–Crippen MR) is 73.0 cm³/mol. The number of hydrogen-bond donors (Lipinski definition) is 0. The number of carbonyl (C=O) groups is 1. The molecule has 1 spiro atoms. The summed E-state index contributed by atoms with van der Waals surface area (Å²) in [6.45, 7) is 0. The number of benzene rings is 1. The van der Waals surface area contributed by atoms with E-state index in [1.54, 1.807) is 0 Å². The molecule has 3 rings (SSSR count). The van der Waals surface area contributed by atoms with Crippen LogP contribution in [0.5, 0.6) is 0 Å². The molecular formula is C16H20O4. The first-order valence-electron chi connectivity index (χ1n) is 7.22. The van der Waals surface area contributed by atoms with Gasteiger partial charge in [-0.2, -0.15) is 0 Å². The summed E-state index contributed by atoms with van der Waals surface area (Å²) in [5.74, 6) is -0.959. The Bertz CT molecular complexity index is 465. The fourth-order valence-corrected chi connectivity index (χ4v) is 3.11. The van der Waals surface area contributed by atoms with E-state index in [-0.39, 0.29) is 12.1 Å². The lowest BCUT2D eigenvalue weighted by Gasteiger charge is -2.31. The van der Waals surface area contributed by atoms with E-state index in [0.717, 1.165) is 31.2 Å². The standard InChI is InChI=1S/C16H20O4/c1-18-15(17)14-13(12-8-4-2-5-9-12)19-16(20-14)10-6-3-7-11-16/h2,4-5,8-9,13-14H,3,6-7,10-11H2,1H3/t13-,14?/m1/s1. The van der Waals surface area contributed by atoms with E-state index in [0.29, 0.717) is 0 Å². The Morgan fingerprint density at radius 1 is 1.15 bits per heavy atom. The summed E-state index contributed by atoms with van der Waals surface area (Å²) < 4.78 is 17.1. The van der Waals surface area contributed by atoms with Crippen LogP contribution in [-0.4, -0.2) is 25.0 Å². The minimum atomic E-state index is -0.666. The molecule has 1 saturated heterocycles. The summed E-state index contributed by atoms with van der Waals surface area (Å²) in [7, 11) is 1.39. The van der Waals surface area contributed by atoms with Crippen molar-refractivity contribution < 1.29 is 19.0 Å². The smallest absolute Gasteiger partial charge is 0.338 e. The van der Waals surface area contributed by atoms with Crippen molar-refractivity contribution in [2.75, 3.05) is 7.11 Å². The van der Waals surface area contributed by atoms with Gasteiger partial charge in [-0.3, -0.25) is 0 Å². The van der Waals surface area contributed by atoms with E-state index < -0.39 is 11.9 Å². The third kappa shape index (κ3) is 2.45. The van der Waals surface area contributed by atoms with Crippen LogP contribution in [0.3, 0.4) is 0 Å². The molecule has 2 aliphatic rings. The SMILES string of the molecule is COC(=O)C1OC2(CCCCC2)O[C@@H]1c1ccccc1. The first kappa shape index (κ1) is 13.6. The lowest BCUT2D eigenvalue weighted by atomic mass is 9.94. The number of carbonyl (C=O) groups excluding carboxylic acids is 1. The van der Waals surface area contributed by atoms with Crippen molar-refractivity contribution >= 4 is 5.97 Å². The summed E-state index contributed by atoms with van der Waals surface area (Å²) >= 11 is 0. The van der Waals surface area contributed by atoms with E-state index in [2.05, 4.69) is 0 Å². The van der Waals surface area contributed by atoms with Crippen LogP contribution in [0.4, 0.5) is 0 Å². The summed E-state index contributed by atoms with van der Waals surface area (Å²) in [6.07, 6.45) is 4.02. The molecule has 0 bridgehead atoms. The first-order valence-corrected chi connectivity index (χ1v) is 7.22. The van der Waals surface area contributed by atoms with Gasteiger partial charge in [-0.25, -0.2) is 4.79 Å². The Balaban J connectivity index is 1.88. The Morgan fingerprint density at radius 2 is 1.85 bits per heavy atom. The van der Waals surface area contributed by atoms with Crippen molar-refractivity contribution in [3.63, 3.8) is 0 Å². The fourth-order valence-electron chi connectivity index (χ4n) is 3.11. The predicted octanol–water partition coefficient (Wildman–Crippen LogP) is 2.98. The first-order chi connectivity index (χ1) is 9.74. The maximum absolute atomic E-state index is 12.0. The molecule has 1 heterocycles. The van der Waals surface area contributed by atoms with E-state index in [4.69, 9.17) is 14.2 Å². The summed E-state index contributed by atoms with van der Waals surface area (Å²) in [5.41, 5.74) is 0.963. The number of esters is 1. The molecule has 1 unspecified atom stereocenters. The summed E-state index contributed by atoms with van der Waals surface area (Å²) in [6, 6.07) is 9.76. The van der Waals surface area contributed by atoms with Crippen molar-refractivity contribution in [1.29, 1.82) is 0 Å². The molecule has 0 N–H and O–H groups in total. The van der Waals surface area contributed by atoms with Crippen molar-refractivity contribution in [3.05, 3.63) is 35.9 Å². The third-order valence-electron chi connectivity index (χ3n) is 4.14. The van der Waals surface area contributed by atoms with Crippen LogP contribution < -0.4 is 0 Å². The van der Waals surface area contributed by atoms with Crippen molar-refractivity contribution in [2.24, 2.45) is 0 Å². The van der Waals surface area contributed by atoms with Crippen LogP contribution in [-0.2, 0) is 19.0 Å². The zero-order chi connectivity index (χ0) is 14.0. The summed E-state index contributed by atoms with van der Waals surface area (Å²) in [4.78, 5) is 12.0. The molecule has 4 heteroatoms. The molecule has 108 valence electrons. The third-order valence-corrected chi connectivity index (χ3v) is 4.14. The highest BCUT2D eigenvalue weighted by molar-refractivity contribution is 5.76. The van der Waals surface area contributed by atoms with Gasteiger partial charge < -0.3 is 14.2 Å². The van der Waals surface area contributed by atoms with E-state index in [1.165, 1.54) is 13.5 Å². The van der Waals surface area contributed by atoms with E-state index in [9.17, 15) is 4.79 Å². The van der Waals surface area contributed by atoms with Crippen LogP contribution in [0, 0.1) is 0 Å². The molecule has 0 amide bonds. The van der Waals surface area contributed by atoms with Gasteiger partial charge in [-0.15, -0.1) is 0 Å². The highest BCUT2D eigenvalue weighted by atomic mass is 16.8. The van der Waals surface area contributed by atoms with Crippen LogP contribution in [0.15, 0.2) is 30.3 Å². The topological polar surface area (TPSA) is 44.8 Å². The van der Waals surface area contributed by atoms with Gasteiger partial charge >= 0.3 is 5.97 Å². The average Bonchev–Trinajstić information content (AvgIpc) is 2.87. The molecule has 1 aliphatic heterocycles. The highest BCUT2D eigenvalue weighted by Gasteiger charge is 2.51. The zero-order valence-electron chi connectivity index (χ0n) is 11.7. The maximum atomic E-state index is 12.0. The van der Waals surface area contributed by atoms with Crippen LogP contribution in [0.1, 0.15) is 43.8 Å². The number of rotatable bonds is 2. The number of hydrogen-bond acceptors (Lipinski definition) is 4. The molecule has 1 aliphatic carbocycles. The van der Waals surface area contributed by atoms with E-state index >= 15 is 0 Å². The Kier molecular flexibility index (Phi) is 3.76. The van der Waals surface area contributed by atoms with Crippen LogP contribution in [0.2, 0.25) is 0 Å². The monoisotopic (exact) mass is 276 g/mol. The molecule has 1 aromatic rings. The maximum Gasteiger partial charge on any atom is 0.338 e. The largest absolute Gasteiger partial charge is 0.467 e. The lowest BCUT2D eigenvalue weighted by Crippen LogP contribution is -2.35. The molecule has 1 aromatic carbocycles. The lowest BCUT2D eigenvalue weighted by molar-refractivity contribution is -0.199. The van der Waals surface area contributed by atoms with Crippen molar-refractivity contribution in [1.82, 2.24) is 0 Å².